The third-order valence-corrected chi connectivity index (χ3v) is 4.00. The molecule has 2 aromatic carbocycles. The highest BCUT2D eigenvalue weighted by Crippen LogP contribution is 2.30. The van der Waals surface area contributed by atoms with Gasteiger partial charge in [0.15, 0.2) is 0 Å². The van der Waals surface area contributed by atoms with Crippen LogP contribution in [0, 0.1) is 0 Å². The summed E-state index contributed by atoms with van der Waals surface area (Å²) in [6.07, 6.45) is 0. The van der Waals surface area contributed by atoms with Crippen LogP contribution in [0.15, 0.2) is 59.0 Å². The van der Waals surface area contributed by atoms with E-state index in [0.717, 1.165) is 5.56 Å². The number of carbonyl (C=O) groups is 1. The van der Waals surface area contributed by atoms with Crippen LogP contribution >= 0.6 is 23.2 Å². The third-order valence-electron chi connectivity index (χ3n) is 3.42. The normalized spacial score (nSPS) is 10.6. The quantitative estimate of drug-likeness (QED) is 0.687. The highest BCUT2D eigenvalue weighted by Gasteiger charge is 2.11. The van der Waals surface area contributed by atoms with E-state index in [1.165, 1.54) is 0 Å². The third kappa shape index (κ3) is 3.62. The Morgan fingerprint density at radius 2 is 1.79 bits per heavy atom. The summed E-state index contributed by atoms with van der Waals surface area (Å²) in [6, 6.07) is 15.2. The fourth-order valence-electron chi connectivity index (χ4n) is 2.19. The van der Waals surface area contributed by atoms with Gasteiger partial charge in [-0.05, 0) is 54.6 Å². The summed E-state index contributed by atoms with van der Waals surface area (Å²) in [5.74, 6) is 0.755. The van der Waals surface area contributed by atoms with Crippen molar-refractivity contribution in [3.8, 4) is 11.3 Å². The summed E-state index contributed by atoms with van der Waals surface area (Å²) in [5.41, 5.74) is 1.68. The Labute approximate surface area is 148 Å². The summed E-state index contributed by atoms with van der Waals surface area (Å²) in [7, 11) is 0. The second kappa shape index (κ2) is 7.09. The number of benzene rings is 2. The number of hydrogen-bond donors (Lipinski definition) is 2. The lowest BCUT2D eigenvalue weighted by Gasteiger charge is -2.09. The van der Waals surface area contributed by atoms with Crippen molar-refractivity contribution in [3.63, 3.8) is 0 Å². The second-order valence-electron chi connectivity index (χ2n) is 5.08. The van der Waals surface area contributed by atoms with Gasteiger partial charge in [-0.2, -0.15) is 0 Å². The van der Waals surface area contributed by atoms with Crippen molar-refractivity contribution in [1.29, 1.82) is 0 Å². The topological polar surface area (TPSA) is 62.5 Å². The molecule has 122 valence electrons. The number of furan rings is 1. The number of aliphatic hydroxyl groups excluding tert-OH is 1. The van der Waals surface area contributed by atoms with Crippen LogP contribution in [0.4, 0.5) is 5.69 Å². The van der Waals surface area contributed by atoms with Crippen LogP contribution in [-0.4, -0.2) is 11.0 Å². The van der Waals surface area contributed by atoms with Gasteiger partial charge in [0.1, 0.15) is 18.1 Å². The molecular weight excluding hydrogens is 349 g/mol. The summed E-state index contributed by atoms with van der Waals surface area (Å²) >= 11 is 12.0. The molecule has 4 nitrogen and oxygen atoms in total. The molecule has 0 fully saturated rings. The van der Waals surface area contributed by atoms with E-state index in [0.29, 0.717) is 32.8 Å². The maximum absolute atomic E-state index is 12.3. The van der Waals surface area contributed by atoms with Crippen molar-refractivity contribution < 1.29 is 14.3 Å². The molecule has 2 N–H and O–H groups in total. The maximum Gasteiger partial charge on any atom is 0.255 e. The van der Waals surface area contributed by atoms with E-state index in [2.05, 4.69) is 5.32 Å². The zero-order valence-corrected chi connectivity index (χ0v) is 13.9. The van der Waals surface area contributed by atoms with E-state index in [1.807, 2.05) is 0 Å². The Bertz CT molecular complexity index is 872. The number of aliphatic hydroxyl groups is 1. The molecule has 6 heteroatoms. The molecule has 0 bridgehead atoms. The molecule has 0 aliphatic carbocycles. The summed E-state index contributed by atoms with van der Waals surface area (Å²) < 4.78 is 5.50. The Morgan fingerprint density at radius 3 is 2.46 bits per heavy atom. The lowest BCUT2D eigenvalue weighted by Crippen LogP contribution is -2.12. The summed E-state index contributed by atoms with van der Waals surface area (Å²) in [4.78, 5) is 12.3. The van der Waals surface area contributed by atoms with E-state index in [4.69, 9.17) is 32.7 Å². The Balaban J connectivity index is 1.86. The fraction of sp³-hybridized carbons (Fsp3) is 0.0556. The van der Waals surface area contributed by atoms with Gasteiger partial charge in [0.25, 0.3) is 5.91 Å². The molecule has 0 radical (unpaired) electrons. The van der Waals surface area contributed by atoms with E-state index in [9.17, 15) is 4.79 Å². The maximum atomic E-state index is 12.3. The van der Waals surface area contributed by atoms with Gasteiger partial charge in [-0.1, -0.05) is 23.2 Å². The number of rotatable bonds is 4. The number of hydrogen-bond acceptors (Lipinski definition) is 3. The van der Waals surface area contributed by atoms with E-state index in [-0.39, 0.29) is 12.5 Å². The molecule has 0 saturated heterocycles. The zero-order chi connectivity index (χ0) is 17.1. The van der Waals surface area contributed by atoms with Crippen molar-refractivity contribution in [2.75, 3.05) is 5.32 Å². The van der Waals surface area contributed by atoms with E-state index >= 15 is 0 Å². The molecule has 0 unspecified atom stereocenters. The molecule has 3 rings (SSSR count). The van der Waals surface area contributed by atoms with Crippen LogP contribution < -0.4 is 5.32 Å². The molecule has 0 saturated carbocycles. The van der Waals surface area contributed by atoms with Crippen LogP contribution in [0.3, 0.4) is 0 Å². The van der Waals surface area contributed by atoms with Gasteiger partial charge in [-0.25, -0.2) is 0 Å². The first-order valence-electron chi connectivity index (χ1n) is 7.13. The molecule has 1 heterocycles. The number of halogens is 2. The molecule has 24 heavy (non-hydrogen) atoms. The number of amides is 1. The monoisotopic (exact) mass is 361 g/mol. The van der Waals surface area contributed by atoms with Crippen LogP contribution in [-0.2, 0) is 6.61 Å². The Hall–Kier alpha value is -2.27. The number of nitrogens with one attached hydrogen (secondary N) is 1. The fourth-order valence-corrected chi connectivity index (χ4v) is 2.48. The van der Waals surface area contributed by atoms with Gasteiger partial charge in [0, 0.05) is 16.1 Å². The van der Waals surface area contributed by atoms with Crippen molar-refractivity contribution in [2.24, 2.45) is 0 Å². The molecule has 1 aromatic heterocycles. The first-order valence-corrected chi connectivity index (χ1v) is 7.89. The molecule has 0 spiro atoms. The zero-order valence-electron chi connectivity index (χ0n) is 12.4. The molecule has 1 amide bonds. The first kappa shape index (κ1) is 16.6. The minimum atomic E-state index is -0.291. The van der Waals surface area contributed by atoms with Crippen molar-refractivity contribution in [1.82, 2.24) is 0 Å². The van der Waals surface area contributed by atoms with Crippen LogP contribution in [0.25, 0.3) is 11.3 Å². The lowest BCUT2D eigenvalue weighted by molar-refractivity contribution is 0.102. The van der Waals surface area contributed by atoms with Gasteiger partial charge < -0.3 is 14.8 Å². The Kier molecular flexibility index (Phi) is 4.90. The van der Waals surface area contributed by atoms with Crippen LogP contribution in [0.5, 0.6) is 0 Å². The minimum absolute atomic E-state index is 0.173. The van der Waals surface area contributed by atoms with Crippen LogP contribution in [0.1, 0.15) is 16.1 Å². The molecule has 3 aromatic rings. The molecule has 0 atom stereocenters. The highest BCUT2D eigenvalue weighted by molar-refractivity contribution is 6.34. The Morgan fingerprint density at radius 1 is 1.04 bits per heavy atom. The first-order chi connectivity index (χ1) is 11.6. The van der Waals surface area contributed by atoms with Crippen molar-refractivity contribution in [2.45, 2.75) is 6.61 Å². The highest BCUT2D eigenvalue weighted by atomic mass is 35.5. The SMILES string of the molecule is O=C(Nc1cc(-c2ccc(CO)o2)ccc1Cl)c1ccc(Cl)cc1. The molecule has 0 aliphatic rings. The van der Waals surface area contributed by atoms with Crippen molar-refractivity contribution >= 4 is 34.8 Å². The predicted octanol–water partition coefficient (Wildman–Crippen LogP) is 5.00. The smallest absolute Gasteiger partial charge is 0.255 e. The van der Waals surface area contributed by atoms with Crippen molar-refractivity contribution in [3.05, 3.63) is 76.0 Å². The van der Waals surface area contributed by atoms with Gasteiger partial charge in [0.05, 0.1) is 10.7 Å². The second-order valence-corrected chi connectivity index (χ2v) is 5.92. The van der Waals surface area contributed by atoms with Gasteiger partial charge >= 0.3 is 0 Å². The van der Waals surface area contributed by atoms with Gasteiger partial charge in [-0.15, -0.1) is 0 Å². The van der Waals surface area contributed by atoms with E-state index in [1.54, 1.807) is 54.6 Å². The van der Waals surface area contributed by atoms with E-state index < -0.39 is 0 Å². The average molecular weight is 362 g/mol. The standard InChI is InChI=1S/C18H13Cl2NO3/c19-13-4-1-11(2-5-13)18(23)21-16-9-12(3-7-15(16)20)17-8-6-14(10-22)24-17/h1-9,22H,10H2,(H,21,23). The molecular formula is C18H13Cl2NO3. The van der Waals surface area contributed by atoms with Gasteiger partial charge in [0.2, 0.25) is 0 Å². The molecule has 0 aliphatic heterocycles. The number of carbonyl (C=O) groups excluding carboxylic acids is 1. The average Bonchev–Trinajstić information content (AvgIpc) is 3.06. The summed E-state index contributed by atoms with van der Waals surface area (Å²) in [5, 5.41) is 12.8. The number of anilines is 1. The lowest BCUT2D eigenvalue weighted by atomic mass is 10.1. The predicted molar refractivity (Wildman–Crippen MR) is 94.5 cm³/mol. The minimum Gasteiger partial charge on any atom is -0.459 e. The largest absolute Gasteiger partial charge is 0.459 e. The van der Waals surface area contributed by atoms with Crippen LogP contribution in [0.2, 0.25) is 10.0 Å². The summed E-state index contributed by atoms with van der Waals surface area (Å²) in [6.45, 7) is -0.173. The van der Waals surface area contributed by atoms with Gasteiger partial charge in [-0.3, -0.25) is 4.79 Å².